The van der Waals surface area contributed by atoms with E-state index >= 15 is 0 Å². The first-order chi connectivity index (χ1) is 12.5. The third-order valence-corrected chi connectivity index (χ3v) is 5.60. The quantitative estimate of drug-likeness (QED) is 0.613. The number of nitriles is 1. The molecule has 0 aliphatic heterocycles. The minimum absolute atomic E-state index is 0.269. The minimum Gasteiger partial charge on any atom is -0.324 e. The van der Waals surface area contributed by atoms with Gasteiger partial charge in [-0.05, 0) is 47.4 Å². The van der Waals surface area contributed by atoms with Crippen LogP contribution in [0.4, 0.5) is 0 Å². The van der Waals surface area contributed by atoms with E-state index in [1.165, 1.54) is 16.7 Å². The van der Waals surface area contributed by atoms with Crippen molar-refractivity contribution in [2.75, 3.05) is 0 Å². The molecule has 0 amide bonds. The average molecular weight is 343 g/mol. The molecule has 26 heavy (non-hydrogen) atoms. The van der Waals surface area contributed by atoms with Crippen LogP contribution in [0.5, 0.6) is 0 Å². The molecule has 1 unspecified atom stereocenters. The summed E-state index contributed by atoms with van der Waals surface area (Å²) in [7, 11) is 0. The van der Waals surface area contributed by atoms with Gasteiger partial charge in [0.25, 0.3) is 0 Å². The summed E-state index contributed by atoms with van der Waals surface area (Å²) in [6.45, 7) is 8.76. The molecule has 2 heterocycles. The topological polar surface area (TPSA) is 41.6 Å². The van der Waals surface area contributed by atoms with Crippen LogP contribution in [0, 0.1) is 11.3 Å². The molecule has 0 saturated carbocycles. The van der Waals surface area contributed by atoms with Crippen molar-refractivity contribution in [3.8, 4) is 6.07 Å². The molecule has 3 nitrogen and oxygen atoms in total. The number of pyridine rings is 1. The normalized spacial score (nSPS) is 16.4. The number of fused-ring (bicyclic) bond motifs is 2. The van der Waals surface area contributed by atoms with Crippen LogP contribution in [0.2, 0.25) is 0 Å². The molecule has 0 N–H and O–H groups in total. The van der Waals surface area contributed by atoms with Crippen molar-refractivity contribution in [1.82, 2.24) is 9.55 Å². The molecule has 1 atom stereocenters. The second-order valence-electron chi connectivity index (χ2n) is 7.96. The van der Waals surface area contributed by atoms with Gasteiger partial charge in [0.1, 0.15) is 11.7 Å². The fraction of sp³-hybridized carbons (Fsp3) is 0.391. The zero-order valence-electron chi connectivity index (χ0n) is 16.0. The molecule has 1 aliphatic rings. The number of hydrogen-bond donors (Lipinski definition) is 0. The first-order valence-electron chi connectivity index (χ1n) is 9.54. The highest BCUT2D eigenvalue weighted by atomic mass is 15.1. The van der Waals surface area contributed by atoms with E-state index in [9.17, 15) is 5.26 Å². The number of nitrogens with zero attached hydrogens (tertiary/aromatic N) is 3. The lowest BCUT2D eigenvalue weighted by molar-refractivity contribution is 0.593. The number of rotatable bonds is 3. The molecular weight excluding hydrogens is 318 g/mol. The number of benzene rings is 1. The largest absolute Gasteiger partial charge is 0.324 e. The maximum atomic E-state index is 9.78. The van der Waals surface area contributed by atoms with Gasteiger partial charge in [-0.1, -0.05) is 52.0 Å². The van der Waals surface area contributed by atoms with Gasteiger partial charge in [0, 0.05) is 17.3 Å². The van der Waals surface area contributed by atoms with Gasteiger partial charge in [-0.2, -0.15) is 5.26 Å². The predicted molar refractivity (Wildman–Crippen MR) is 106 cm³/mol. The van der Waals surface area contributed by atoms with E-state index in [2.05, 4.69) is 68.7 Å². The number of aryl methyl sites for hydroxylation is 1. The highest BCUT2D eigenvalue weighted by molar-refractivity contribution is 5.88. The first-order valence-corrected chi connectivity index (χ1v) is 9.54. The minimum atomic E-state index is 0.269. The molecule has 0 radical (unpaired) electrons. The Kier molecular flexibility index (Phi) is 4.07. The van der Waals surface area contributed by atoms with E-state index in [0.29, 0.717) is 11.8 Å². The standard InChI is InChI=1S/C23H25N3/c1-14(2)19-11-20(15(3)4)25-23-22(19)17(12-24)13-26(23)21-10-9-16-7-5-6-8-18(16)21/h5-8,11,13-15,21H,9-10H2,1-4H3. The van der Waals surface area contributed by atoms with Crippen molar-refractivity contribution in [2.45, 2.75) is 58.4 Å². The van der Waals surface area contributed by atoms with Gasteiger partial charge in [0.2, 0.25) is 0 Å². The Bertz CT molecular complexity index is 1020. The van der Waals surface area contributed by atoms with Crippen molar-refractivity contribution in [3.63, 3.8) is 0 Å². The molecule has 0 bridgehead atoms. The summed E-state index contributed by atoms with van der Waals surface area (Å²) in [5, 5.41) is 10.8. The van der Waals surface area contributed by atoms with Crippen molar-refractivity contribution in [1.29, 1.82) is 5.26 Å². The van der Waals surface area contributed by atoms with Crippen LogP contribution in [0.25, 0.3) is 11.0 Å². The van der Waals surface area contributed by atoms with E-state index in [1.54, 1.807) is 0 Å². The highest BCUT2D eigenvalue weighted by Crippen LogP contribution is 2.39. The molecule has 1 aromatic carbocycles. The SMILES string of the molecule is CC(C)c1cc(C(C)C)c2c(C#N)cn(C3CCc4ccccc43)c2n1. The van der Waals surface area contributed by atoms with Gasteiger partial charge < -0.3 is 4.57 Å². The summed E-state index contributed by atoms with van der Waals surface area (Å²) in [4.78, 5) is 5.02. The molecule has 3 heteroatoms. The van der Waals surface area contributed by atoms with Crippen LogP contribution >= 0.6 is 0 Å². The lowest BCUT2D eigenvalue weighted by atomic mass is 9.96. The van der Waals surface area contributed by atoms with E-state index in [4.69, 9.17) is 4.98 Å². The van der Waals surface area contributed by atoms with Crippen LogP contribution in [0.3, 0.4) is 0 Å². The Balaban J connectivity index is 2.01. The molecule has 4 rings (SSSR count). The van der Waals surface area contributed by atoms with E-state index < -0.39 is 0 Å². The molecule has 132 valence electrons. The summed E-state index contributed by atoms with van der Waals surface area (Å²) in [6.07, 6.45) is 4.18. The molecule has 0 fully saturated rings. The second kappa shape index (κ2) is 6.29. The van der Waals surface area contributed by atoms with E-state index in [0.717, 1.165) is 35.1 Å². The molecule has 3 aromatic rings. The van der Waals surface area contributed by atoms with Gasteiger partial charge >= 0.3 is 0 Å². The average Bonchev–Trinajstić information content (AvgIpc) is 3.21. The van der Waals surface area contributed by atoms with Gasteiger partial charge in [-0.25, -0.2) is 4.98 Å². The third kappa shape index (κ3) is 2.52. The van der Waals surface area contributed by atoms with Crippen LogP contribution < -0.4 is 0 Å². The third-order valence-electron chi connectivity index (χ3n) is 5.60. The summed E-state index contributed by atoms with van der Waals surface area (Å²) in [5.74, 6) is 0.721. The van der Waals surface area contributed by atoms with E-state index in [1.807, 2.05) is 6.20 Å². The summed E-state index contributed by atoms with van der Waals surface area (Å²) in [5.41, 5.74) is 6.85. The van der Waals surface area contributed by atoms with Gasteiger partial charge in [-0.3, -0.25) is 0 Å². The Morgan fingerprint density at radius 2 is 1.92 bits per heavy atom. The molecule has 1 aliphatic carbocycles. The summed E-state index contributed by atoms with van der Waals surface area (Å²) >= 11 is 0. The lowest BCUT2D eigenvalue weighted by Crippen LogP contribution is -2.08. The molecule has 2 aromatic heterocycles. The summed E-state index contributed by atoms with van der Waals surface area (Å²) < 4.78 is 2.26. The van der Waals surface area contributed by atoms with Crippen LogP contribution in [-0.2, 0) is 6.42 Å². The van der Waals surface area contributed by atoms with Gasteiger partial charge in [0.15, 0.2) is 0 Å². The van der Waals surface area contributed by atoms with Crippen molar-refractivity contribution >= 4 is 11.0 Å². The predicted octanol–water partition coefficient (Wildman–Crippen LogP) is 5.69. The van der Waals surface area contributed by atoms with Gasteiger partial charge in [-0.15, -0.1) is 0 Å². The maximum Gasteiger partial charge on any atom is 0.142 e. The fourth-order valence-corrected chi connectivity index (χ4v) is 4.20. The number of aromatic nitrogens is 2. The Hall–Kier alpha value is -2.60. The fourth-order valence-electron chi connectivity index (χ4n) is 4.20. The van der Waals surface area contributed by atoms with Crippen LogP contribution in [0.1, 0.15) is 79.9 Å². The van der Waals surface area contributed by atoms with Crippen molar-refractivity contribution in [3.05, 3.63) is 64.5 Å². The Morgan fingerprint density at radius 1 is 1.15 bits per heavy atom. The van der Waals surface area contributed by atoms with Crippen molar-refractivity contribution < 1.29 is 0 Å². The Morgan fingerprint density at radius 3 is 2.62 bits per heavy atom. The Labute approximate surface area is 155 Å². The van der Waals surface area contributed by atoms with Crippen molar-refractivity contribution in [2.24, 2.45) is 0 Å². The smallest absolute Gasteiger partial charge is 0.142 e. The zero-order valence-corrected chi connectivity index (χ0v) is 16.0. The second-order valence-corrected chi connectivity index (χ2v) is 7.96. The maximum absolute atomic E-state index is 9.78. The molecule has 0 saturated heterocycles. The summed E-state index contributed by atoms with van der Waals surface area (Å²) in [6, 6.07) is 13.6. The van der Waals surface area contributed by atoms with Crippen LogP contribution in [0.15, 0.2) is 36.5 Å². The monoisotopic (exact) mass is 343 g/mol. The first kappa shape index (κ1) is 16.8. The zero-order chi connectivity index (χ0) is 18.4. The van der Waals surface area contributed by atoms with Crippen LogP contribution in [-0.4, -0.2) is 9.55 Å². The molecular formula is C23H25N3. The van der Waals surface area contributed by atoms with Gasteiger partial charge in [0.05, 0.1) is 11.6 Å². The highest BCUT2D eigenvalue weighted by Gasteiger charge is 2.27. The number of hydrogen-bond acceptors (Lipinski definition) is 2. The van der Waals surface area contributed by atoms with E-state index in [-0.39, 0.29) is 6.04 Å². The molecule has 0 spiro atoms. The lowest BCUT2D eigenvalue weighted by Gasteiger charge is -2.17.